The fourth-order valence-corrected chi connectivity index (χ4v) is 5.90. The average molecular weight is 395 g/mol. The van der Waals surface area contributed by atoms with E-state index >= 15 is 0 Å². The van der Waals surface area contributed by atoms with Crippen LogP contribution in [0.1, 0.15) is 24.0 Å². The van der Waals surface area contributed by atoms with Crippen LogP contribution in [0, 0.1) is 13.8 Å². The van der Waals surface area contributed by atoms with Crippen LogP contribution < -0.4 is 9.03 Å². The second-order valence-corrected chi connectivity index (χ2v) is 10.2. The number of aryl methyl sites for hydroxylation is 2. The van der Waals surface area contributed by atoms with Gasteiger partial charge in [0, 0.05) is 12.2 Å². The molecule has 1 saturated heterocycles. The van der Waals surface area contributed by atoms with Gasteiger partial charge in [-0.25, -0.2) is 16.8 Å². The maximum Gasteiger partial charge on any atom is 0.262 e. The molecule has 0 unspecified atom stereocenters. The largest absolute Gasteiger partial charge is 0.280 e. The first-order valence-corrected chi connectivity index (χ1v) is 11.5. The fraction of sp³-hybridized carbons (Fsp3) is 0.333. The normalized spacial score (nSPS) is 17.1. The third-order valence-electron chi connectivity index (χ3n) is 4.40. The van der Waals surface area contributed by atoms with Crippen molar-refractivity contribution in [2.24, 2.45) is 0 Å². The smallest absolute Gasteiger partial charge is 0.262 e. The number of hydrogen-bond acceptors (Lipinski definition) is 4. The summed E-state index contributed by atoms with van der Waals surface area (Å²) in [4.78, 5) is 0.0800. The topological polar surface area (TPSA) is 83.6 Å². The molecule has 0 spiro atoms. The summed E-state index contributed by atoms with van der Waals surface area (Å²) in [5.74, 6) is 0.0879. The van der Waals surface area contributed by atoms with Crippen molar-refractivity contribution in [1.29, 1.82) is 0 Å². The van der Waals surface area contributed by atoms with Gasteiger partial charge in [-0.05, 0) is 56.5 Å². The van der Waals surface area contributed by atoms with Crippen molar-refractivity contribution in [3.8, 4) is 0 Å². The van der Waals surface area contributed by atoms with Crippen LogP contribution in [0.5, 0.6) is 0 Å². The zero-order valence-electron chi connectivity index (χ0n) is 14.8. The molecule has 2 aromatic carbocycles. The Bertz CT molecular complexity index is 1010. The molecule has 1 aliphatic heterocycles. The highest BCUT2D eigenvalue weighted by molar-refractivity contribution is 7.93. The van der Waals surface area contributed by atoms with E-state index < -0.39 is 20.0 Å². The van der Waals surface area contributed by atoms with E-state index in [1.54, 1.807) is 31.2 Å². The minimum Gasteiger partial charge on any atom is -0.280 e. The van der Waals surface area contributed by atoms with E-state index in [1.807, 2.05) is 19.1 Å². The minimum atomic E-state index is -3.83. The third kappa shape index (κ3) is 3.86. The number of nitrogens with one attached hydrogen (secondary N) is 1. The second-order valence-electron chi connectivity index (χ2n) is 6.52. The van der Waals surface area contributed by atoms with Gasteiger partial charge >= 0.3 is 0 Å². The first kappa shape index (κ1) is 18.7. The molecule has 1 fully saturated rings. The number of hydrogen-bond donors (Lipinski definition) is 1. The predicted molar refractivity (Wildman–Crippen MR) is 104 cm³/mol. The lowest BCUT2D eigenvalue weighted by Crippen LogP contribution is -2.38. The summed E-state index contributed by atoms with van der Waals surface area (Å²) in [6, 6.07) is 11.8. The van der Waals surface area contributed by atoms with Crippen molar-refractivity contribution in [1.82, 2.24) is 0 Å². The van der Waals surface area contributed by atoms with Gasteiger partial charge in [-0.2, -0.15) is 0 Å². The van der Waals surface area contributed by atoms with Gasteiger partial charge in [-0.15, -0.1) is 0 Å². The Morgan fingerprint density at radius 3 is 2.35 bits per heavy atom. The summed E-state index contributed by atoms with van der Waals surface area (Å²) in [7, 11) is -7.22. The number of anilines is 2. The van der Waals surface area contributed by atoms with E-state index in [2.05, 4.69) is 4.72 Å². The average Bonchev–Trinajstić information content (AvgIpc) is 2.57. The van der Waals surface area contributed by atoms with Gasteiger partial charge in [0.2, 0.25) is 10.0 Å². The molecule has 0 aliphatic carbocycles. The van der Waals surface area contributed by atoms with Crippen LogP contribution in [0.3, 0.4) is 0 Å². The number of nitrogens with zero attached hydrogens (tertiary/aromatic N) is 1. The molecule has 0 amide bonds. The summed E-state index contributed by atoms with van der Waals surface area (Å²) in [6.07, 6.45) is 1.39. The number of benzene rings is 2. The van der Waals surface area contributed by atoms with Crippen molar-refractivity contribution in [2.45, 2.75) is 31.6 Å². The number of sulfonamides is 2. The molecule has 6 nitrogen and oxygen atoms in total. The first-order chi connectivity index (χ1) is 12.2. The molecule has 1 aliphatic rings. The zero-order valence-corrected chi connectivity index (χ0v) is 16.4. The van der Waals surface area contributed by atoms with Crippen LogP contribution in [0.4, 0.5) is 11.4 Å². The molecule has 8 heteroatoms. The Morgan fingerprint density at radius 1 is 1.00 bits per heavy atom. The molecule has 0 radical (unpaired) electrons. The van der Waals surface area contributed by atoms with Gasteiger partial charge in [0.15, 0.2) is 0 Å². The molecule has 0 aromatic heterocycles. The fourth-order valence-electron chi connectivity index (χ4n) is 2.94. The Morgan fingerprint density at radius 2 is 1.69 bits per heavy atom. The van der Waals surface area contributed by atoms with E-state index in [-0.39, 0.29) is 10.6 Å². The lowest BCUT2D eigenvalue weighted by atomic mass is 10.2. The van der Waals surface area contributed by atoms with Crippen molar-refractivity contribution < 1.29 is 16.8 Å². The standard InChI is InChI=1S/C18H22N2O4S2/c1-14-5-8-16(9-6-14)19-26(23,24)18-13-17(10-7-15(18)2)20-11-3-4-12-25(20,21)22/h5-10,13,19H,3-4,11-12H2,1-2H3. The Kier molecular flexibility index (Phi) is 4.98. The van der Waals surface area contributed by atoms with Gasteiger partial charge in [-0.3, -0.25) is 9.03 Å². The predicted octanol–water partition coefficient (Wildman–Crippen LogP) is 3.03. The molecule has 140 valence electrons. The molecule has 26 heavy (non-hydrogen) atoms. The molecule has 1 N–H and O–H groups in total. The molecular formula is C18H22N2O4S2. The number of rotatable bonds is 4. The van der Waals surface area contributed by atoms with E-state index in [1.165, 1.54) is 10.4 Å². The summed E-state index contributed by atoms with van der Waals surface area (Å²) in [5, 5.41) is 0. The van der Waals surface area contributed by atoms with Gasteiger partial charge in [0.1, 0.15) is 0 Å². The third-order valence-corrected chi connectivity index (χ3v) is 7.80. The van der Waals surface area contributed by atoms with Crippen molar-refractivity contribution in [3.63, 3.8) is 0 Å². The van der Waals surface area contributed by atoms with Crippen LogP contribution in [0.15, 0.2) is 47.4 Å². The van der Waals surface area contributed by atoms with Gasteiger partial charge < -0.3 is 0 Å². The molecule has 2 aromatic rings. The van der Waals surface area contributed by atoms with E-state index in [0.29, 0.717) is 29.9 Å². The second kappa shape index (κ2) is 6.92. The Hall–Kier alpha value is -2.06. The van der Waals surface area contributed by atoms with Crippen LogP contribution in [0.2, 0.25) is 0 Å². The van der Waals surface area contributed by atoms with E-state index in [4.69, 9.17) is 0 Å². The van der Waals surface area contributed by atoms with Crippen molar-refractivity contribution in [2.75, 3.05) is 21.3 Å². The summed E-state index contributed by atoms with van der Waals surface area (Å²) in [5.41, 5.74) is 2.44. The van der Waals surface area contributed by atoms with Gasteiger partial charge in [0.25, 0.3) is 10.0 Å². The summed E-state index contributed by atoms with van der Waals surface area (Å²) < 4.78 is 54.1. The maximum absolute atomic E-state index is 12.8. The quantitative estimate of drug-likeness (QED) is 0.864. The highest BCUT2D eigenvalue weighted by Gasteiger charge is 2.27. The van der Waals surface area contributed by atoms with Crippen LogP contribution in [-0.2, 0) is 20.0 Å². The molecule has 1 heterocycles. The van der Waals surface area contributed by atoms with Gasteiger partial charge in [-0.1, -0.05) is 23.8 Å². The molecular weight excluding hydrogens is 372 g/mol. The zero-order chi connectivity index (χ0) is 18.9. The van der Waals surface area contributed by atoms with Crippen LogP contribution in [-0.4, -0.2) is 29.1 Å². The Balaban J connectivity index is 1.98. The summed E-state index contributed by atoms with van der Waals surface area (Å²) in [6.45, 7) is 3.99. The lowest BCUT2D eigenvalue weighted by molar-refractivity contribution is 0.574. The highest BCUT2D eigenvalue weighted by Crippen LogP contribution is 2.29. The summed E-state index contributed by atoms with van der Waals surface area (Å²) >= 11 is 0. The van der Waals surface area contributed by atoms with Crippen molar-refractivity contribution in [3.05, 3.63) is 53.6 Å². The van der Waals surface area contributed by atoms with Gasteiger partial charge in [0.05, 0.1) is 16.3 Å². The molecule has 3 rings (SSSR count). The highest BCUT2D eigenvalue weighted by atomic mass is 32.2. The molecule has 0 atom stereocenters. The van der Waals surface area contributed by atoms with E-state index in [9.17, 15) is 16.8 Å². The maximum atomic E-state index is 12.8. The van der Waals surface area contributed by atoms with Crippen LogP contribution >= 0.6 is 0 Å². The van der Waals surface area contributed by atoms with Crippen LogP contribution in [0.25, 0.3) is 0 Å². The Labute approximate surface area is 155 Å². The SMILES string of the molecule is Cc1ccc(NS(=O)(=O)c2cc(N3CCCCS3(=O)=O)ccc2C)cc1. The molecule has 0 bridgehead atoms. The minimum absolute atomic E-state index is 0.0800. The monoisotopic (exact) mass is 394 g/mol. The van der Waals surface area contributed by atoms with E-state index in [0.717, 1.165) is 12.0 Å². The lowest BCUT2D eigenvalue weighted by Gasteiger charge is -2.28. The first-order valence-electron chi connectivity index (χ1n) is 8.40. The molecule has 0 saturated carbocycles. The van der Waals surface area contributed by atoms with Crippen molar-refractivity contribution >= 4 is 31.4 Å².